The number of fused-ring (bicyclic) bond motifs is 6. The minimum atomic E-state index is 1.10. The lowest BCUT2D eigenvalue weighted by molar-refractivity contribution is 1.18. The third kappa shape index (κ3) is 5.96. The first-order chi connectivity index (χ1) is 30.8. The molecule has 1 aromatic heterocycles. The molecule has 62 heavy (non-hydrogen) atoms. The van der Waals surface area contributed by atoms with Crippen molar-refractivity contribution < 1.29 is 0 Å². The Morgan fingerprint density at radius 1 is 0.274 bits per heavy atom. The van der Waals surface area contributed by atoms with Gasteiger partial charge < -0.3 is 9.47 Å². The molecule has 0 bridgehead atoms. The van der Waals surface area contributed by atoms with Crippen molar-refractivity contribution in [2.75, 3.05) is 4.90 Å². The molecule has 0 radical (unpaired) electrons. The van der Waals surface area contributed by atoms with Crippen LogP contribution in [0.25, 0.3) is 93.2 Å². The fourth-order valence-electron chi connectivity index (χ4n) is 9.70. The topological polar surface area (TPSA) is 8.17 Å². The second-order valence-electron chi connectivity index (χ2n) is 16.1. The molecule has 11 aromatic carbocycles. The van der Waals surface area contributed by atoms with Gasteiger partial charge in [0.25, 0.3) is 0 Å². The normalized spacial score (nSPS) is 11.5. The first kappa shape index (κ1) is 35.7. The van der Waals surface area contributed by atoms with Crippen LogP contribution in [-0.4, -0.2) is 4.57 Å². The first-order valence-corrected chi connectivity index (χ1v) is 21.3. The Morgan fingerprint density at radius 2 is 0.726 bits per heavy atom. The number of para-hydroxylation sites is 2. The second kappa shape index (κ2) is 14.8. The van der Waals surface area contributed by atoms with Gasteiger partial charge in [0.15, 0.2) is 0 Å². The number of hydrogen-bond acceptors (Lipinski definition) is 1. The van der Waals surface area contributed by atoms with E-state index in [1.54, 1.807) is 0 Å². The van der Waals surface area contributed by atoms with Crippen LogP contribution in [0, 0.1) is 0 Å². The summed E-state index contributed by atoms with van der Waals surface area (Å²) < 4.78 is 2.38. The van der Waals surface area contributed by atoms with Crippen molar-refractivity contribution in [3.05, 3.63) is 243 Å². The highest BCUT2D eigenvalue weighted by Gasteiger charge is 2.19. The Balaban J connectivity index is 1.01. The van der Waals surface area contributed by atoms with Crippen molar-refractivity contribution in [3.63, 3.8) is 0 Å². The zero-order chi connectivity index (χ0) is 41.0. The van der Waals surface area contributed by atoms with E-state index in [4.69, 9.17) is 0 Å². The Morgan fingerprint density at radius 3 is 1.37 bits per heavy atom. The summed E-state index contributed by atoms with van der Waals surface area (Å²) in [5.41, 5.74) is 14.2. The van der Waals surface area contributed by atoms with E-state index in [2.05, 4.69) is 252 Å². The summed E-state index contributed by atoms with van der Waals surface area (Å²) in [7, 11) is 0. The maximum absolute atomic E-state index is 2.42. The monoisotopic (exact) mass is 788 g/mol. The van der Waals surface area contributed by atoms with Gasteiger partial charge in [-0.15, -0.1) is 0 Å². The third-order valence-corrected chi connectivity index (χ3v) is 12.6. The standard InChI is InChI=1S/C60H40N2/c1-2-18-46(19-3-1)62-59-28-9-8-22-56(59)57-40-45(34-39-60(57)62)53-25-12-27-55-54(53)26-13-29-58(55)61(47-35-30-43(31-36-47)51-23-10-16-41-14-4-6-20-49(41)51)48-37-32-44(33-38-48)52-24-11-17-42-15-5-7-21-50(42)52/h1-40H. The van der Waals surface area contributed by atoms with Crippen LogP contribution in [0.2, 0.25) is 0 Å². The van der Waals surface area contributed by atoms with E-state index in [1.165, 1.54) is 87.5 Å². The number of hydrogen-bond donors (Lipinski definition) is 0. The Hall–Kier alpha value is -8.20. The molecule has 0 aliphatic heterocycles. The van der Waals surface area contributed by atoms with Gasteiger partial charge >= 0.3 is 0 Å². The third-order valence-electron chi connectivity index (χ3n) is 12.6. The highest BCUT2D eigenvalue weighted by Crippen LogP contribution is 2.44. The van der Waals surface area contributed by atoms with Crippen LogP contribution < -0.4 is 4.90 Å². The molecular formula is C60H40N2. The van der Waals surface area contributed by atoms with Crippen LogP contribution >= 0.6 is 0 Å². The molecule has 12 rings (SSSR count). The van der Waals surface area contributed by atoms with Gasteiger partial charge in [-0.1, -0.05) is 182 Å². The van der Waals surface area contributed by atoms with Crippen LogP contribution in [0.5, 0.6) is 0 Å². The molecule has 0 aliphatic rings. The molecule has 0 unspecified atom stereocenters. The lowest BCUT2D eigenvalue weighted by atomic mass is 9.95. The number of nitrogens with zero attached hydrogens (tertiary/aromatic N) is 2. The molecule has 2 nitrogen and oxygen atoms in total. The van der Waals surface area contributed by atoms with E-state index >= 15 is 0 Å². The van der Waals surface area contributed by atoms with Crippen molar-refractivity contribution in [2.24, 2.45) is 0 Å². The number of aromatic nitrogens is 1. The highest BCUT2D eigenvalue weighted by atomic mass is 15.1. The summed E-state index contributed by atoms with van der Waals surface area (Å²) in [4.78, 5) is 2.42. The molecule has 0 amide bonds. The molecule has 0 saturated carbocycles. The summed E-state index contributed by atoms with van der Waals surface area (Å²) in [5.74, 6) is 0. The van der Waals surface area contributed by atoms with Gasteiger partial charge in [0.05, 0.1) is 16.7 Å². The summed E-state index contributed by atoms with van der Waals surface area (Å²) in [6.07, 6.45) is 0. The summed E-state index contributed by atoms with van der Waals surface area (Å²) in [5, 5.41) is 9.90. The van der Waals surface area contributed by atoms with E-state index in [1.807, 2.05) is 0 Å². The van der Waals surface area contributed by atoms with E-state index in [0.29, 0.717) is 0 Å². The lowest BCUT2D eigenvalue weighted by Gasteiger charge is -2.28. The van der Waals surface area contributed by atoms with E-state index in [9.17, 15) is 0 Å². The lowest BCUT2D eigenvalue weighted by Crippen LogP contribution is -2.10. The quantitative estimate of drug-likeness (QED) is 0.156. The molecule has 2 heteroatoms. The maximum atomic E-state index is 2.42. The summed E-state index contributed by atoms with van der Waals surface area (Å²) in [6.45, 7) is 0. The van der Waals surface area contributed by atoms with Crippen molar-refractivity contribution in [3.8, 4) is 39.1 Å². The molecular weight excluding hydrogens is 749 g/mol. The molecule has 0 saturated heterocycles. The van der Waals surface area contributed by atoms with E-state index in [-0.39, 0.29) is 0 Å². The molecule has 290 valence electrons. The zero-order valence-corrected chi connectivity index (χ0v) is 34.0. The minimum absolute atomic E-state index is 1.10. The summed E-state index contributed by atoms with van der Waals surface area (Å²) >= 11 is 0. The van der Waals surface area contributed by atoms with Crippen molar-refractivity contribution in [1.29, 1.82) is 0 Å². The highest BCUT2D eigenvalue weighted by molar-refractivity contribution is 6.12. The van der Waals surface area contributed by atoms with Gasteiger partial charge in [0, 0.05) is 33.2 Å². The molecule has 0 atom stereocenters. The van der Waals surface area contributed by atoms with Gasteiger partial charge in [0.2, 0.25) is 0 Å². The van der Waals surface area contributed by atoms with Crippen LogP contribution in [0.15, 0.2) is 243 Å². The molecule has 0 spiro atoms. The summed E-state index contributed by atoms with van der Waals surface area (Å²) in [6, 6.07) is 88.5. The van der Waals surface area contributed by atoms with Gasteiger partial charge in [0.1, 0.15) is 0 Å². The van der Waals surface area contributed by atoms with E-state index in [0.717, 1.165) is 22.7 Å². The van der Waals surface area contributed by atoms with E-state index < -0.39 is 0 Å². The van der Waals surface area contributed by atoms with Crippen LogP contribution in [0.3, 0.4) is 0 Å². The van der Waals surface area contributed by atoms with Crippen molar-refractivity contribution >= 4 is 71.2 Å². The van der Waals surface area contributed by atoms with Crippen LogP contribution in [0.1, 0.15) is 0 Å². The SMILES string of the molecule is c1ccc(-n2c3ccccc3c3cc(-c4cccc5c(N(c6ccc(-c7cccc8ccccc78)cc6)c6ccc(-c7cccc8ccccc78)cc6)cccc45)ccc32)cc1. The van der Waals surface area contributed by atoms with Crippen molar-refractivity contribution in [2.45, 2.75) is 0 Å². The van der Waals surface area contributed by atoms with Gasteiger partial charge in [-0.3, -0.25) is 0 Å². The predicted molar refractivity (Wildman–Crippen MR) is 264 cm³/mol. The zero-order valence-electron chi connectivity index (χ0n) is 34.0. The predicted octanol–water partition coefficient (Wildman–Crippen LogP) is 16.7. The Kier molecular flexibility index (Phi) is 8.53. The largest absolute Gasteiger partial charge is 0.310 e. The minimum Gasteiger partial charge on any atom is -0.310 e. The number of rotatable bonds is 7. The molecule has 0 aliphatic carbocycles. The molecule has 0 N–H and O–H groups in total. The molecule has 0 fully saturated rings. The molecule has 12 aromatic rings. The fraction of sp³-hybridized carbons (Fsp3) is 0. The number of anilines is 3. The van der Waals surface area contributed by atoms with Gasteiger partial charge in [-0.2, -0.15) is 0 Å². The van der Waals surface area contributed by atoms with Gasteiger partial charge in [-0.25, -0.2) is 0 Å². The second-order valence-corrected chi connectivity index (χ2v) is 16.1. The number of benzene rings is 11. The van der Waals surface area contributed by atoms with Crippen LogP contribution in [-0.2, 0) is 0 Å². The fourth-order valence-corrected chi connectivity index (χ4v) is 9.70. The first-order valence-electron chi connectivity index (χ1n) is 21.3. The average Bonchev–Trinajstić information content (AvgIpc) is 3.68. The Labute approximate surface area is 360 Å². The van der Waals surface area contributed by atoms with Crippen LogP contribution in [0.4, 0.5) is 17.1 Å². The smallest absolute Gasteiger partial charge is 0.0541 e. The molecule has 1 heterocycles. The maximum Gasteiger partial charge on any atom is 0.0541 e. The average molecular weight is 789 g/mol. The Bertz CT molecular complexity index is 3480. The van der Waals surface area contributed by atoms with Crippen molar-refractivity contribution in [1.82, 2.24) is 4.57 Å². The van der Waals surface area contributed by atoms with Gasteiger partial charge in [-0.05, 0) is 121 Å².